The van der Waals surface area contributed by atoms with Crippen LogP contribution in [0.5, 0.6) is 0 Å². The second-order valence-electron chi connectivity index (χ2n) is 9.90. The molecule has 0 aliphatic rings. The summed E-state index contributed by atoms with van der Waals surface area (Å²) in [5, 5.41) is 19.6. The second kappa shape index (κ2) is 29.7. The molecule has 244 valence electrons. The average molecular weight is 603 g/mol. The fraction of sp³-hybridized carbons (Fsp3) is 0.828. The number of carbonyl (C=O) groups excluding carboxylic acids is 4. The third-order valence-corrected chi connectivity index (χ3v) is 5.99. The van der Waals surface area contributed by atoms with Gasteiger partial charge in [-0.3, -0.25) is 24.0 Å². The van der Waals surface area contributed by atoms with Crippen molar-refractivity contribution < 1.29 is 43.3 Å². The molecule has 0 spiro atoms. The van der Waals surface area contributed by atoms with Crippen molar-refractivity contribution in [1.29, 1.82) is 0 Å². The number of unbranched alkanes of at least 4 members (excludes halogenated alkanes) is 6. The molecule has 4 amide bonds. The molecule has 0 fully saturated rings. The zero-order valence-corrected chi connectivity index (χ0v) is 25.5. The molecule has 0 aliphatic carbocycles. The third-order valence-electron chi connectivity index (χ3n) is 5.99. The highest BCUT2D eigenvalue weighted by atomic mass is 16.5. The van der Waals surface area contributed by atoms with Crippen LogP contribution < -0.4 is 21.3 Å². The topological polar surface area (TPSA) is 181 Å². The van der Waals surface area contributed by atoms with Crippen LogP contribution in [0.1, 0.15) is 90.4 Å². The van der Waals surface area contributed by atoms with Crippen molar-refractivity contribution in [3.63, 3.8) is 0 Å². The average Bonchev–Trinajstić information content (AvgIpc) is 2.95. The summed E-state index contributed by atoms with van der Waals surface area (Å²) in [4.78, 5) is 57.2. The molecule has 0 aliphatic heterocycles. The van der Waals surface area contributed by atoms with Gasteiger partial charge in [-0.25, -0.2) is 0 Å². The van der Waals surface area contributed by atoms with Crippen LogP contribution in [0.3, 0.4) is 0 Å². The van der Waals surface area contributed by atoms with Gasteiger partial charge in [0.05, 0.1) is 33.0 Å². The highest BCUT2D eigenvalue weighted by Crippen LogP contribution is 2.09. The maximum absolute atomic E-state index is 11.9. The third kappa shape index (κ3) is 30.2. The van der Waals surface area contributed by atoms with Gasteiger partial charge in [0.15, 0.2) is 0 Å². The molecule has 13 heteroatoms. The summed E-state index contributed by atoms with van der Waals surface area (Å²) in [5.41, 5.74) is 0. The van der Waals surface area contributed by atoms with Crippen LogP contribution in [0.2, 0.25) is 0 Å². The van der Waals surface area contributed by atoms with Gasteiger partial charge < -0.3 is 40.6 Å². The highest BCUT2D eigenvalue weighted by molar-refractivity contribution is 5.77. The first-order valence-corrected chi connectivity index (χ1v) is 15.4. The predicted molar refractivity (Wildman–Crippen MR) is 158 cm³/mol. The lowest BCUT2D eigenvalue weighted by molar-refractivity contribution is -0.137. The Balaban J connectivity index is 3.39. The number of ether oxygens (including phenoxy) is 3. The van der Waals surface area contributed by atoms with Gasteiger partial charge in [0.2, 0.25) is 23.6 Å². The highest BCUT2D eigenvalue weighted by Gasteiger charge is 2.05. The summed E-state index contributed by atoms with van der Waals surface area (Å²) in [6.45, 7) is 5.12. The number of hydrogen-bond acceptors (Lipinski definition) is 8. The molecule has 0 radical (unpaired) electrons. The van der Waals surface area contributed by atoms with Crippen molar-refractivity contribution in [2.75, 3.05) is 65.8 Å². The molecule has 0 atom stereocenters. The summed E-state index contributed by atoms with van der Waals surface area (Å²) < 4.78 is 16.0. The number of rotatable bonds is 30. The minimum Gasteiger partial charge on any atom is -0.481 e. The van der Waals surface area contributed by atoms with Crippen LogP contribution in [0.25, 0.3) is 0 Å². The smallest absolute Gasteiger partial charge is 0.303 e. The first-order chi connectivity index (χ1) is 20.3. The minimum absolute atomic E-state index is 0.0000841. The van der Waals surface area contributed by atoms with E-state index in [0.29, 0.717) is 78.3 Å². The molecular weight excluding hydrogens is 548 g/mol. The quantitative estimate of drug-likeness (QED) is 0.0764. The van der Waals surface area contributed by atoms with E-state index >= 15 is 0 Å². The number of hydrogen-bond donors (Lipinski definition) is 5. The Kier molecular flexibility index (Phi) is 27.8. The van der Waals surface area contributed by atoms with E-state index in [9.17, 15) is 24.0 Å². The monoisotopic (exact) mass is 602 g/mol. The van der Waals surface area contributed by atoms with E-state index in [1.807, 2.05) is 6.92 Å². The van der Waals surface area contributed by atoms with Crippen molar-refractivity contribution >= 4 is 29.6 Å². The summed E-state index contributed by atoms with van der Waals surface area (Å²) in [5.74, 6) is -1.09. The predicted octanol–water partition coefficient (Wildman–Crippen LogP) is 1.68. The molecule has 0 aromatic heterocycles. The maximum Gasteiger partial charge on any atom is 0.303 e. The van der Waals surface area contributed by atoms with E-state index in [4.69, 9.17) is 19.3 Å². The number of amides is 4. The van der Waals surface area contributed by atoms with E-state index in [0.717, 1.165) is 51.4 Å². The molecule has 5 N–H and O–H groups in total. The van der Waals surface area contributed by atoms with Crippen LogP contribution in [0.4, 0.5) is 0 Å². The zero-order valence-electron chi connectivity index (χ0n) is 25.5. The largest absolute Gasteiger partial charge is 0.481 e. The van der Waals surface area contributed by atoms with Gasteiger partial charge in [-0.1, -0.05) is 39.0 Å². The van der Waals surface area contributed by atoms with E-state index in [1.165, 1.54) is 0 Å². The van der Waals surface area contributed by atoms with Crippen LogP contribution in [0, 0.1) is 0 Å². The Bertz CT molecular complexity index is 738. The molecule has 0 unspecified atom stereocenters. The SMILES string of the molecule is CCCC(=O)NCCOCCNC(=O)COCCOCCNC(=O)CCCNC(=O)CCCCCCCCCC(=O)O. The first-order valence-electron chi connectivity index (χ1n) is 15.4. The molecule has 0 saturated heterocycles. The molecule has 0 rings (SSSR count). The van der Waals surface area contributed by atoms with Crippen molar-refractivity contribution in [2.24, 2.45) is 0 Å². The van der Waals surface area contributed by atoms with Crippen LogP contribution in [0.15, 0.2) is 0 Å². The number of aliphatic carboxylic acids is 1. The fourth-order valence-corrected chi connectivity index (χ4v) is 3.74. The summed E-state index contributed by atoms with van der Waals surface area (Å²) in [6, 6.07) is 0. The molecule has 0 aromatic carbocycles. The van der Waals surface area contributed by atoms with Crippen LogP contribution in [-0.2, 0) is 38.2 Å². The number of carboxylic acids is 1. The Hall–Kier alpha value is -2.77. The Labute approximate surface area is 250 Å². The van der Waals surface area contributed by atoms with Gasteiger partial charge in [-0.05, 0) is 25.7 Å². The molecule has 0 heterocycles. The Morgan fingerprint density at radius 3 is 1.48 bits per heavy atom. The first kappa shape index (κ1) is 39.2. The number of nitrogens with one attached hydrogen (secondary N) is 4. The Morgan fingerprint density at radius 2 is 0.905 bits per heavy atom. The molecule has 42 heavy (non-hydrogen) atoms. The van der Waals surface area contributed by atoms with E-state index in [2.05, 4.69) is 21.3 Å². The van der Waals surface area contributed by atoms with E-state index < -0.39 is 5.97 Å². The summed E-state index contributed by atoms with van der Waals surface area (Å²) in [7, 11) is 0. The van der Waals surface area contributed by atoms with E-state index in [-0.39, 0.29) is 43.3 Å². The van der Waals surface area contributed by atoms with Gasteiger partial charge >= 0.3 is 5.97 Å². The number of carboxylic acid groups (broad SMARTS) is 1. The number of carbonyl (C=O) groups is 5. The van der Waals surface area contributed by atoms with Crippen molar-refractivity contribution in [1.82, 2.24) is 21.3 Å². The van der Waals surface area contributed by atoms with Crippen LogP contribution in [-0.4, -0.2) is 101 Å². The van der Waals surface area contributed by atoms with Gasteiger partial charge in [-0.15, -0.1) is 0 Å². The molecule has 0 aromatic rings. The van der Waals surface area contributed by atoms with Gasteiger partial charge in [0, 0.05) is 51.9 Å². The lowest BCUT2D eigenvalue weighted by Gasteiger charge is -2.09. The normalized spacial score (nSPS) is 10.7. The molecule has 0 saturated carbocycles. The van der Waals surface area contributed by atoms with Gasteiger partial charge in [0.25, 0.3) is 0 Å². The summed E-state index contributed by atoms with van der Waals surface area (Å²) in [6.07, 6.45) is 9.54. The van der Waals surface area contributed by atoms with Crippen LogP contribution >= 0.6 is 0 Å². The van der Waals surface area contributed by atoms with Crippen molar-refractivity contribution in [2.45, 2.75) is 90.4 Å². The lowest BCUT2D eigenvalue weighted by atomic mass is 10.1. The fourth-order valence-electron chi connectivity index (χ4n) is 3.74. The lowest BCUT2D eigenvalue weighted by Crippen LogP contribution is -2.32. The van der Waals surface area contributed by atoms with E-state index in [1.54, 1.807) is 0 Å². The van der Waals surface area contributed by atoms with Crippen molar-refractivity contribution in [3.05, 3.63) is 0 Å². The maximum atomic E-state index is 11.9. The minimum atomic E-state index is -0.742. The zero-order chi connectivity index (χ0) is 31.1. The van der Waals surface area contributed by atoms with Gasteiger partial charge in [0.1, 0.15) is 6.61 Å². The summed E-state index contributed by atoms with van der Waals surface area (Å²) >= 11 is 0. The second-order valence-corrected chi connectivity index (χ2v) is 9.90. The molecule has 0 bridgehead atoms. The van der Waals surface area contributed by atoms with Crippen molar-refractivity contribution in [3.8, 4) is 0 Å². The Morgan fingerprint density at radius 1 is 0.476 bits per heavy atom. The molecule has 13 nitrogen and oxygen atoms in total. The van der Waals surface area contributed by atoms with Gasteiger partial charge in [-0.2, -0.15) is 0 Å². The molecular formula is C29H54N4O9. The standard InChI is InChI=1S/C29H54N4O9/c1-2-11-25(34)31-16-19-40-20-18-33-28(37)24-42-23-22-41-21-17-32-27(36)13-10-15-30-26(35)12-8-6-4-3-5-7-9-14-29(38)39/h2-24H2,1H3,(H,30,35)(H,31,34)(H,32,36)(H,33,37)(H,38,39).